The minimum atomic E-state index is 0.591. The smallest absolute Gasteiger partial charge is 0.0714 e. The molecule has 0 amide bonds. The Morgan fingerprint density at radius 1 is 0.895 bits per heavy atom. The van der Waals surface area contributed by atoms with Gasteiger partial charge < -0.3 is 0 Å². The molecular weight excluding hydrogens is 236 g/mol. The average molecular weight is 246 g/mol. The number of aromatic nitrogens is 1. The SMILES string of the molecule is [N-]=[N+]=Nc1ccccc1-c1ccc2ccccc2n1. The quantitative estimate of drug-likeness (QED) is 0.362. The summed E-state index contributed by atoms with van der Waals surface area (Å²) in [7, 11) is 0. The molecule has 1 heterocycles. The number of para-hydroxylation sites is 1. The van der Waals surface area contributed by atoms with Crippen molar-refractivity contribution in [2.24, 2.45) is 5.11 Å². The Kier molecular flexibility index (Phi) is 2.85. The molecule has 4 heteroatoms. The van der Waals surface area contributed by atoms with Gasteiger partial charge in [0.25, 0.3) is 0 Å². The Morgan fingerprint density at radius 3 is 2.58 bits per heavy atom. The van der Waals surface area contributed by atoms with Gasteiger partial charge in [-0.1, -0.05) is 53.6 Å². The second kappa shape index (κ2) is 4.80. The maximum Gasteiger partial charge on any atom is 0.0714 e. The van der Waals surface area contributed by atoms with E-state index < -0.39 is 0 Å². The molecule has 0 saturated heterocycles. The van der Waals surface area contributed by atoms with Crippen LogP contribution < -0.4 is 0 Å². The average Bonchev–Trinajstić information content (AvgIpc) is 2.48. The monoisotopic (exact) mass is 246 g/mol. The molecule has 0 unspecified atom stereocenters. The summed E-state index contributed by atoms with van der Waals surface area (Å²) >= 11 is 0. The van der Waals surface area contributed by atoms with Crippen LogP contribution in [0.25, 0.3) is 32.6 Å². The molecule has 0 N–H and O–H groups in total. The van der Waals surface area contributed by atoms with Crippen molar-refractivity contribution in [2.45, 2.75) is 0 Å². The lowest BCUT2D eigenvalue weighted by atomic mass is 10.1. The Bertz CT molecular complexity index is 789. The van der Waals surface area contributed by atoms with Crippen molar-refractivity contribution < 1.29 is 0 Å². The molecule has 90 valence electrons. The fourth-order valence-corrected chi connectivity index (χ4v) is 2.04. The number of fused-ring (bicyclic) bond motifs is 1. The third-order valence-electron chi connectivity index (χ3n) is 2.93. The van der Waals surface area contributed by atoms with E-state index in [2.05, 4.69) is 15.0 Å². The molecule has 0 atom stereocenters. The molecule has 3 rings (SSSR count). The Labute approximate surface area is 110 Å². The van der Waals surface area contributed by atoms with E-state index in [1.165, 1.54) is 0 Å². The molecular formula is C15H10N4. The summed E-state index contributed by atoms with van der Waals surface area (Å²) in [5, 5.41) is 4.79. The van der Waals surface area contributed by atoms with Crippen molar-refractivity contribution in [1.29, 1.82) is 0 Å². The first-order valence-electron chi connectivity index (χ1n) is 5.89. The zero-order valence-corrected chi connectivity index (χ0v) is 10.1. The van der Waals surface area contributed by atoms with Crippen LogP contribution in [0.2, 0.25) is 0 Å². The molecule has 1 aromatic heterocycles. The summed E-state index contributed by atoms with van der Waals surface area (Å²) < 4.78 is 0. The standard InChI is InChI=1S/C15H10N4/c16-19-18-15-8-4-2-6-12(15)14-10-9-11-5-1-3-7-13(11)17-14/h1-10H. The van der Waals surface area contributed by atoms with Gasteiger partial charge in [0.05, 0.1) is 11.2 Å². The first-order valence-corrected chi connectivity index (χ1v) is 5.89. The minimum Gasteiger partial charge on any atom is -0.248 e. The van der Waals surface area contributed by atoms with Gasteiger partial charge in [-0.25, -0.2) is 4.98 Å². The van der Waals surface area contributed by atoms with Crippen molar-refractivity contribution >= 4 is 16.6 Å². The van der Waals surface area contributed by atoms with Crippen molar-refractivity contribution in [3.8, 4) is 11.3 Å². The van der Waals surface area contributed by atoms with E-state index in [0.717, 1.165) is 22.2 Å². The zero-order valence-electron chi connectivity index (χ0n) is 10.1. The van der Waals surface area contributed by atoms with Gasteiger partial charge in [0.1, 0.15) is 0 Å². The number of hydrogen-bond donors (Lipinski definition) is 0. The van der Waals surface area contributed by atoms with E-state index in [1.807, 2.05) is 54.6 Å². The van der Waals surface area contributed by atoms with Gasteiger partial charge in [-0.2, -0.15) is 0 Å². The number of pyridine rings is 1. The summed E-state index contributed by atoms with van der Waals surface area (Å²) in [6, 6.07) is 19.3. The second-order valence-corrected chi connectivity index (χ2v) is 4.10. The number of benzene rings is 2. The number of rotatable bonds is 2. The summed E-state index contributed by atoms with van der Waals surface area (Å²) in [5.74, 6) is 0. The second-order valence-electron chi connectivity index (χ2n) is 4.10. The zero-order chi connectivity index (χ0) is 13.1. The van der Waals surface area contributed by atoms with Crippen LogP contribution in [0.1, 0.15) is 0 Å². The first-order chi connectivity index (χ1) is 9.38. The fraction of sp³-hybridized carbons (Fsp3) is 0. The highest BCUT2D eigenvalue weighted by Gasteiger charge is 2.05. The van der Waals surface area contributed by atoms with Gasteiger partial charge in [-0.3, -0.25) is 0 Å². The van der Waals surface area contributed by atoms with Crippen LogP contribution in [0.4, 0.5) is 5.69 Å². The van der Waals surface area contributed by atoms with Crippen LogP contribution in [-0.4, -0.2) is 4.98 Å². The van der Waals surface area contributed by atoms with Gasteiger partial charge in [0.2, 0.25) is 0 Å². The van der Waals surface area contributed by atoms with Gasteiger partial charge in [-0.15, -0.1) is 0 Å². The molecule has 0 bridgehead atoms. The van der Waals surface area contributed by atoms with E-state index in [9.17, 15) is 0 Å². The number of azide groups is 1. The van der Waals surface area contributed by atoms with Crippen LogP contribution in [-0.2, 0) is 0 Å². The normalized spacial score (nSPS) is 10.1. The molecule has 4 nitrogen and oxygen atoms in total. The van der Waals surface area contributed by atoms with Gasteiger partial charge >= 0.3 is 0 Å². The maximum atomic E-state index is 8.60. The van der Waals surface area contributed by atoms with E-state index in [4.69, 9.17) is 5.53 Å². The van der Waals surface area contributed by atoms with Crippen molar-refractivity contribution in [3.05, 3.63) is 71.1 Å². The van der Waals surface area contributed by atoms with Crippen LogP contribution >= 0.6 is 0 Å². The molecule has 0 aliphatic carbocycles. The van der Waals surface area contributed by atoms with E-state index in [-0.39, 0.29) is 0 Å². The van der Waals surface area contributed by atoms with E-state index in [0.29, 0.717) is 5.69 Å². The topological polar surface area (TPSA) is 61.7 Å². The summed E-state index contributed by atoms with van der Waals surface area (Å²) in [6.07, 6.45) is 0. The lowest BCUT2D eigenvalue weighted by molar-refractivity contribution is 1.38. The molecule has 2 aromatic carbocycles. The van der Waals surface area contributed by atoms with E-state index >= 15 is 0 Å². The third-order valence-corrected chi connectivity index (χ3v) is 2.93. The van der Waals surface area contributed by atoms with Gasteiger partial charge in [0, 0.05) is 21.5 Å². The molecule has 3 aromatic rings. The van der Waals surface area contributed by atoms with Gasteiger partial charge in [-0.05, 0) is 17.7 Å². The highest BCUT2D eigenvalue weighted by Crippen LogP contribution is 2.29. The Hall–Kier alpha value is -2.84. The molecule has 0 radical (unpaired) electrons. The molecule has 0 spiro atoms. The molecule has 0 aliphatic rings. The maximum absolute atomic E-state index is 8.60. The summed E-state index contributed by atoms with van der Waals surface area (Å²) in [6.45, 7) is 0. The molecule has 0 fully saturated rings. The number of nitrogens with zero attached hydrogens (tertiary/aromatic N) is 4. The third kappa shape index (κ3) is 2.12. The molecule has 0 saturated carbocycles. The predicted octanol–water partition coefficient (Wildman–Crippen LogP) is 4.84. The lowest BCUT2D eigenvalue weighted by Crippen LogP contribution is -1.85. The van der Waals surface area contributed by atoms with Crippen LogP contribution in [0.3, 0.4) is 0 Å². The Balaban J connectivity index is 2.21. The van der Waals surface area contributed by atoms with Crippen molar-refractivity contribution in [1.82, 2.24) is 4.98 Å². The lowest BCUT2D eigenvalue weighted by Gasteiger charge is -2.05. The van der Waals surface area contributed by atoms with Crippen molar-refractivity contribution in [3.63, 3.8) is 0 Å². The summed E-state index contributed by atoms with van der Waals surface area (Å²) in [5.41, 5.74) is 11.8. The number of hydrogen-bond acceptors (Lipinski definition) is 2. The molecule has 19 heavy (non-hydrogen) atoms. The van der Waals surface area contributed by atoms with Crippen LogP contribution in [0.15, 0.2) is 65.8 Å². The predicted molar refractivity (Wildman–Crippen MR) is 76.0 cm³/mol. The van der Waals surface area contributed by atoms with Crippen LogP contribution in [0.5, 0.6) is 0 Å². The molecule has 0 aliphatic heterocycles. The largest absolute Gasteiger partial charge is 0.248 e. The first kappa shape index (κ1) is 11.3. The highest BCUT2D eigenvalue weighted by atomic mass is 15.1. The van der Waals surface area contributed by atoms with Gasteiger partial charge in [0.15, 0.2) is 0 Å². The highest BCUT2D eigenvalue weighted by molar-refractivity contribution is 5.83. The van der Waals surface area contributed by atoms with Crippen LogP contribution in [0, 0.1) is 0 Å². The fourth-order valence-electron chi connectivity index (χ4n) is 2.04. The summed E-state index contributed by atoms with van der Waals surface area (Å²) in [4.78, 5) is 7.46. The minimum absolute atomic E-state index is 0.591. The van der Waals surface area contributed by atoms with E-state index in [1.54, 1.807) is 6.07 Å². The van der Waals surface area contributed by atoms with Crippen molar-refractivity contribution in [2.75, 3.05) is 0 Å². The Morgan fingerprint density at radius 2 is 1.68 bits per heavy atom.